The highest BCUT2D eigenvalue weighted by Gasteiger charge is 2.52. The first kappa shape index (κ1) is 16.2. The van der Waals surface area contributed by atoms with Gasteiger partial charge in [0.25, 0.3) is 0 Å². The number of aromatic nitrogens is 2. The van der Waals surface area contributed by atoms with Gasteiger partial charge in [0.2, 0.25) is 11.9 Å². The van der Waals surface area contributed by atoms with Crippen LogP contribution in [0.25, 0.3) is 6.08 Å². The van der Waals surface area contributed by atoms with Crippen molar-refractivity contribution in [1.82, 2.24) is 20.2 Å². The Bertz CT molecular complexity index is 738. The third kappa shape index (κ3) is 2.90. The first-order valence-electron chi connectivity index (χ1n) is 9.81. The van der Waals surface area contributed by atoms with Crippen LogP contribution in [0.3, 0.4) is 0 Å². The molecule has 6 nitrogen and oxygen atoms in total. The van der Waals surface area contributed by atoms with Crippen molar-refractivity contribution in [3.8, 4) is 0 Å². The molecule has 4 atom stereocenters. The first-order chi connectivity index (χ1) is 12.7. The second-order valence-electron chi connectivity index (χ2n) is 8.22. The van der Waals surface area contributed by atoms with Crippen LogP contribution < -0.4 is 11.1 Å². The van der Waals surface area contributed by atoms with Gasteiger partial charge in [0.15, 0.2) is 0 Å². The zero-order chi connectivity index (χ0) is 17.8. The molecular formula is C20H26N5O. The zero-order valence-corrected chi connectivity index (χ0v) is 15.0. The van der Waals surface area contributed by atoms with E-state index in [-0.39, 0.29) is 30.0 Å². The maximum Gasteiger partial charge on any atom is 0.226 e. The average molecular weight is 352 g/mol. The normalized spacial score (nSPS) is 31.7. The fraction of sp³-hybridized carbons (Fsp3) is 0.600. The number of carbonyl (C=O) groups is 1. The van der Waals surface area contributed by atoms with Crippen molar-refractivity contribution in [1.29, 1.82) is 0 Å². The van der Waals surface area contributed by atoms with Gasteiger partial charge >= 0.3 is 0 Å². The van der Waals surface area contributed by atoms with E-state index in [0.717, 1.165) is 37.2 Å². The molecule has 1 amide bonds. The van der Waals surface area contributed by atoms with Gasteiger partial charge in [-0.2, -0.15) is 0 Å². The number of rotatable bonds is 5. The minimum Gasteiger partial charge on any atom is -0.368 e. The number of nitrogens with zero attached hydrogens (tertiary/aromatic N) is 3. The number of nitrogens with two attached hydrogens (primary N) is 1. The Balaban J connectivity index is 1.58. The molecule has 26 heavy (non-hydrogen) atoms. The SMILES string of the molecule is C=Cc1cc(C2C(C3[CH]C3)NCC(C3CC3)N2C(=O)C2CC2)nc(N)n1. The molecule has 1 aromatic heterocycles. The second-order valence-corrected chi connectivity index (χ2v) is 8.22. The molecule has 4 unspecified atom stereocenters. The number of piperazine rings is 1. The van der Waals surface area contributed by atoms with Crippen LogP contribution in [0.15, 0.2) is 12.6 Å². The van der Waals surface area contributed by atoms with Gasteiger partial charge in [-0.1, -0.05) is 6.58 Å². The third-order valence-corrected chi connectivity index (χ3v) is 6.17. The van der Waals surface area contributed by atoms with Gasteiger partial charge in [-0.05, 0) is 62.5 Å². The lowest BCUT2D eigenvalue weighted by Crippen LogP contribution is -2.61. The summed E-state index contributed by atoms with van der Waals surface area (Å²) in [6.07, 6.45) is 9.61. The summed E-state index contributed by atoms with van der Waals surface area (Å²) >= 11 is 0. The minimum atomic E-state index is -0.0739. The maximum atomic E-state index is 13.3. The summed E-state index contributed by atoms with van der Waals surface area (Å²) in [6.45, 7) is 4.71. The van der Waals surface area contributed by atoms with Crippen LogP contribution in [0, 0.1) is 24.2 Å². The van der Waals surface area contributed by atoms with Crippen molar-refractivity contribution in [2.24, 2.45) is 17.8 Å². The van der Waals surface area contributed by atoms with Gasteiger partial charge < -0.3 is 16.0 Å². The van der Waals surface area contributed by atoms with Crippen LogP contribution in [0.1, 0.15) is 49.5 Å². The summed E-state index contributed by atoms with van der Waals surface area (Å²) in [7, 11) is 0. The molecule has 1 aliphatic heterocycles. The van der Waals surface area contributed by atoms with E-state index in [1.807, 2.05) is 6.07 Å². The molecule has 0 aromatic carbocycles. The Morgan fingerprint density at radius 1 is 1.31 bits per heavy atom. The molecule has 1 aromatic rings. The lowest BCUT2D eigenvalue weighted by Gasteiger charge is -2.47. The molecule has 2 heterocycles. The van der Waals surface area contributed by atoms with E-state index >= 15 is 0 Å². The Kier molecular flexibility index (Phi) is 3.78. The van der Waals surface area contributed by atoms with Crippen LogP contribution in [-0.2, 0) is 4.79 Å². The molecule has 0 bridgehead atoms. The minimum absolute atomic E-state index is 0.0739. The Morgan fingerprint density at radius 3 is 2.69 bits per heavy atom. The van der Waals surface area contributed by atoms with Crippen LogP contribution in [0.2, 0.25) is 0 Å². The van der Waals surface area contributed by atoms with Crippen LogP contribution >= 0.6 is 0 Å². The van der Waals surface area contributed by atoms with Gasteiger partial charge in [0.05, 0.1) is 17.4 Å². The Labute approximate surface area is 154 Å². The number of nitrogen functional groups attached to an aromatic ring is 1. The van der Waals surface area contributed by atoms with Gasteiger partial charge in [-0.25, -0.2) is 9.97 Å². The number of hydrogen-bond acceptors (Lipinski definition) is 5. The smallest absolute Gasteiger partial charge is 0.226 e. The summed E-state index contributed by atoms with van der Waals surface area (Å²) in [4.78, 5) is 24.3. The predicted molar refractivity (Wildman–Crippen MR) is 99.6 cm³/mol. The quantitative estimate of drug-likeness (QED) is 0.846. The van der Waals surface area contributed by atoms with Crippen LogP contribution in [0.4, 0.5) is 5.95 Å². The van der Waals surface area contributed by atoms with E-state index in [0.29, 0.717) is 17.7 Å². The lowest BCUT2D eigenvalue weighted by atomic mass is 9.90. The third-order valence-electron chi connectivity index (χ3n) is 6.17. The fourth-order valence-electron chi connectivity index (χ4n) is 4.41. The van der Waals surface area contributed by atoms with Gasteiger partial charge in [-0.15, -0.1) is 0 Å². The molecular weight excluding hydrogens is 326 g/mol. The highest BCUT2D eigenvalue weighted by molar-refractivity contribution is 5.82. The molecule has 137 valence electrons. The molecule has 3 aliphatic carbocycles. The van der Waals surface area contributed by atoms with E-state index in [1.165, 1.54) is 12.8 Å². The second kappa shape index (κ2) is 6.05. The topological polar surface area (TPSA) is 84.1 Å². The van der Waals surface area contributed by atoms with E-state index in [1.54, 1.807) is 6.08 Å². The summed E-state index contributed by atoms with van der Waals surface area (Å²) in [5.41, 5.74) is 7.55. The lowest BCUT2D eigenvalue weighted by molar-refractivity contribution is -0.142. The van der Waals surface area contributed by atoms with Crippen molar-refractivity contribution >= 4 is 17.9 Å². The number of anilines is 1. The van der Waals surface area contributed by atoms with E-state index < -0.39 is 0 Å². The first-order valence-corrected chi connectivity index (χ1v) is 9.81. The standard InChI is InChI=1S/C20H26N5O/c1-2-14-9-15(24-20(21)23-14)18-17(12-5-6-12)22-10-16(11-3-4-11)25(18)19(26)13-7-8-13/h2,5,9,11-13,16-18,22H,1,3-4,6-8,10H2,(H2,21,23,24). The van der Waals surface area contributed by atoms with Crippen molar-refractivity contribution < 1.29 is 4.79 Å². The van der Waals surface area contributed by atoms with E-state index in [4.69, 9.17) is 5.73 Å². The molecule has 4 fully saturated rings. The van der Waals surface area contributed by atoms with Crippen molar-refractivity contribution in [3.05, 3.63) is 30.5 Å². The highest BCUT2D eigenvalue weighted by atomic mass is 16.2. The van der Waals surface area contributed by atoms with Gasteiger partial charge in [0, 0.05) is 24.5 Å². The molecule has 3 saturated carbocycles. The maximum absolute atomic E-state index is 13.3. The molecule has 1 radical (unpaired) electrons. The molecule has 0 spiro atoms. The summed E-state index contributed by atoms with van der Waals surface area (Å²) in [5.74, 6) is 1.89. The number of carbonyl (C=O) groups excluding carboxylic acids is 1. The average Bonchev–Trinajstić information content (AvgIpc) is 3.51. The van der Waals surface area contributed by atoms with Crippen LogP contribution in [-0.4, -0.2) is 39.4 Å². The number of amides is 1. The highest BCUT2D eigenvalue weighted by Crippen LogP contribution is 2.48. The molecule has 5 rings (SSSR count). The monoisotopic (exact) mass is 352 g/mol. The summed E-state index contributed by atoms with van der Waals surface area (Å²) < 4.78 is 0. The molecule has 3 N–H and O–H groups in total. The molecule has 4 aliphatic rings. The van der Waals surface area contributed by atoms with E-state index in [2.05, 4.69) is 33.2 Å². The molecule has 1 saturated heterocycles. The van der Waals surface area contributed by atoms with Crippen LogP contribution in [0.5, 0.6) is 0 Å². The van der Waals surface area contributed by atoms with Crippen molar-refractivity contribution in [3.63, 3.8) is 0 Å². The Hall–Kier alpha value is -1.95. The van der Waals surface area contributed by atoms with Crippen molar-refractivity contribution in [2.45, 2.75) is 50.2 Å². The largest absolute Gasteiger partial charge is 0.368 e. The predicted octanol–water partition coefficient (Wildman–Crippen LogP) is 1.96. The van der Waals surface area contributed by atoms with E-state index in [9.17, 15) is 4.79 Å². The molecule has 6 heteroatoms. The van der Waals surface area contributed by atoms with Gasteiger partial charge in [-0.3, -0.25) is 4.79 Å². The zero-order valence-electron chi connectivity index (χ0n) is 15.0. The summed E-state index contributed by atoms with van der Waals surface area (Å²) in [5, 5.41) is 3.75. The number of hydrogen-bond donors (Lipinski definition) is 2. The number of nitrogens with one attached hydrogen (secondary N) is 1. The summed E-state index contributed by atoms with van der Waals surface area (Å²) in [6, 6.07) is 2.36. The Morgan fingerprint density at radius 2 is 2.08 bits per heavy atom. The van der Waals surface area contributed by atoms with Crippen molar-refractivity contribution in [2.75, 3.05) is 12.3 Å². The fourth-order valence-corrected chi connectivity index (χ4v) is 4.41. The van der Waals surface area contributed by atoms with Gasteiger partial charge in [0.1, 0.15) is 0 Å².